The van der Waals surface area contributed by atoms with Gasteiger partial charge >= 0.3 is 0 Å². The Morgan fingerprint density at radius 3 is 2.51 bits per heavy atom. The van der Waals surface area contributed by atoms with Crippen molar-refractivity contribution in [1.29, 1.82) is 0 Å². The van der Waals surface area contributed by atoms with Crippen molar-refractivity contribution in [3.8, 4) is 5.75 Å². The van der Waals surface area contributed by atoms with Gasteiger partial charge in [-0.05, 0) is 117 Å². The predicted octanol–water partition coefficient (Wildman–Crippen LogP) is 6.79. The molecule has 7 unspecified atom stereocenters. The standard InChI is InChI=1S/C40H55ClN4O3S/c1-5-7-28-16-35(41)12-14-36(28)34-24-45-23-31-10-13-37(31)30(20-44-21-32-18-43(4)19-33(32)22-44)9-6-8-26(2)27(3)49(47)42-40(46)29-11-15-39(48-25-34)38(45)17-29/h6,9,11-12,14-17,26-27,30-34,37H,5,7-8,10,13,18-25H2,1-4H3,(H,42,46)/b9-6+/t26?,27?,30?,31?,32-,33+,34?,37?,49?. The van der Waals surface area contributed by atoms with Gasteiger partial charge < -0.3 is 19.4 Å². The summed E-state index contributed by atoms with van der Waals surface area (Å²) < 4.78 is 22.8. The molecule has 49 heavy (non-hydrogen) atoms. The minimum absolute atomic E-state index is 0.163. The van der Waals surface area contributed by atoms with Gasteiger partial charge in [0.15, 0.2) is 0 Å². The topological polar surface area (TPSA) is 65.1 Å². The molecular formula is C40H55ClN4O3S. The normalized spacial score (nSPS) is 34.7. The second-order valence-electron chi connectivity index (χ2n) is 15.9. The van der Waals surface area contributed by atoms with E-state index in [1.54, 1.807) is 0 Å². The molecule has 5 aliphatic rings. The predicted molar refractivity (Wildman–Crippen MR) is 201 cm³/mol. The van der Waals surface area contributed by atoms with Crippen LogP contribution in [0.25, 0.3) is 0 Å². The van der Waals surface area contributed by atoms with Crippen LogP contribution >= 0.6 is 11.6 Å². The number of hydrogen-bond acceptors (Lipinski definition) is 6. The third kappa shape index (κ3) is 7.63. The fraction of sp³-hybridized carbons (Fsp3) is 0.625. The molecule has 7 nitrogen and oxygen atoms in total. The van der Waals surface area contributed by atoms with Crippen molar-refractivity contribution >= 4 is 34.2 Å². The number of allylic oxidation sites excluding steroid dienone is 1. The SMILES string of the molecule is CCCc1cc(Cl)ccc1C1COc2ccc3cc2N(C1)CC1CCC1C(CN1C[C@H]2CN(C)C[C@H]2C1)/C=C/CC(C)C(C)S(=O)NC3=O. The lowest BCUT2D eigenvalue weighted by Crippen LogP contribution is -2.45. The fourth-order valence-electron chi connectivity index (χ4n) is 9.35. The molecule has 2 saturated heterocycles. The van der Waals surface area contributed by atoms with Gasteiger partial charge in [0.2, 0.25) is 0 Å². The van der Waals surface area contributed by atoms with Crippen LogP contribution in [0, 0.1) is 35.5 Å². The van der Waals surface area contributed by atoms with Gasteiger partial charge in [0.05, 0.1) is 17.5 Å². The van der Waals surface area contributed by atoms with Gasteiger partial charge in [0.1, 0.15) is 16.7 Å². The summed E-state index contributed by atoms with van der Waals surface area (Å²) in [5.74, 6) is 4.13. The second kappa shape index (κ2) is 15.1. The van der Waals surface area contributed by atoms with Gasteiger partial charge in [-0.3, -0.25) is 9.52 Å². The molecule has 1 N–H and O–H groups in total. The van der Waals surface area contributed by atoms with Crippen LogP contribution in [-0.2, 0) is 17.4 Å². The maximum absolute atomic E-state index is 13.5. The molecule has 0 spiro atoms. The van der Waals surface area contributed by atoms with Crippen LogP contribution in [0.2, 0.25) is 5.02 Å². The highest BCUT2D eigenvalue weighted by atomic mass is 35.5. The minimum Gasteiger partial charge on any atom is -0.491 e. The van der Waals surface area contributed by atoms with Gasteiger partial charge in [0, 0.05) is 62.3 Å². The number of likely N-dealkylation sites (tertiary alicyclic amines) is 2. The van der Waals surface area contributed by atoms with Crippen LogP contribution in [0.5, 0.6) is 5.75 Å². The van der Waals surface area contributed by atoms with Gasteiger partial charge in [-0.15, -0.1) is 0 Å². The van der Waals surface area contributed by atoms with Crippen molar-refractivity contribution in [3.63, 3.8) is 0 Å². The average molecular weight is 707 g/mol. The third-order valence-corrected chi connectivity index (χ3v) is 14.2. The van der Waals surface area contributed by atoms with Crippen molar-refractivity contribution in [3.05, 3.63) is 70.3 Å². The van der Waals surface area contributed by atoms with Crippen LogP contribution < -0.4 is 14.4 Å². The highest BCUT2D eigenvalue weighted by Crippen LogP contribution is 2.45. The monoisotopic (exact) mass is 706 g/mol. The summed E-state index contributed by atoms with van der Waals surface area (Å²) in [6.07, 6.45) is 10.2. The molecule has 1 amide bonds. The van der Waals surface area contributed by atoms with Gasteiger partial charge in [-0.2, -0.15) is 0 Å². The van der Waals surface area contributed by atoms with Crippen LogP contribution in [0.1, 0.15) is 73.9 Å². The van der Waals surface area contributed by atoms with E-state index in [-0.39, 0.29) is 23.0 Å². The quantitative estimate of drug-likeness (QED) is 0.346. The molecule has 4 heterocycles. The van der Waals surface area contributed by atoms with E-state index in [0.717, 1.165) is 67.2 Å². The molecule has 2 aromatic carbocycles. The molecule has 0 aromatic heterocycles. The van der Waals surface area contributed by atoms with E-state index in [2.05, 4.69) is 64.6 Å². The molecule has 1 saturated carbocycles. The van der Waals surface area contributed by atoms with Crippen molar-refractivity contribution in [2.45, 2.75) is 64.0 Å². The number of carbonyl (C=O) groups is 1. The van der Waals surface area contributed by atoms with E-state index in [1.807, 2.05) is 31.2 Å². The lowest BCUT2D eigenvalue weighted by molar-refractivity contribution is 0.0982. The highest BCUT2D eigenvalue weighted by Gasteiger charge is 2.43. The first-order chi connectivity index (χ1) is 23.7. The first-order valence-electron chi connectivity index (χ1n) is 18.8. The van der Waals surface area contributed by atoms with Crippen LogP contribution in [0.15, 0.2) is 48.6 Å². The van der Waals surface area contributed by atoms with Crippen molar-refractivity contribution in [2.24, 2.45) is 35.5 Å². The van der Waals surface area contributed by atoms with Crippen molar-refractivity contribution < 1.29 is 13.7 Å². The molecule has 2 aromatic rings. The number of nitrogens with one attached hydrogen (secondary N) is 1. The average Bonchev–Trinajstić information content (AvgIpc) is 3.53. The molecule has 0 radical (unpaired) electrons. The fourth-order valence-corrected chi connectivity index (χ4v) is 10.6. The Morgan fingerprint density at radius 1 is 0.980 bits per heavy atom. The number of aryl methyl sites for hydroxylation is 1. The number of anilines is 1. The Bertz CT molecular complexity index is 1550. The van der Waals surface area contributed by atoms with E-state index in [0.29, 0.717) is 29.9 Å². The lowest BCUT2D eigenvalue weighted by atomic mass is 9.66. The number of halogens is 1. The Balaban J connectivity index is 1.21. The Kier molecular flexibility index (Phi) is 10.8. The maximum atomic E-state index is 13.5. The minimum atomic E-state index is -1.49. The van der Waals surface area contributed by atoms with Gasteiger partial charge in [-0.1, -0.05) is 50.1 Å². The van der Waals surface area contributed by atoms with E-state index < -0.39 is 11.0 Å². The van der Waals surface area contributed by atoms with Gasteiger partial charge in [-0.25, -0.2) is 4.21 Å². The summed E-state index contributed by atoms with van der Waals surface area (Å²) in [5.41, 5.74) is 4.09. The largest absolute Gasteiger partial charge is 0.491 e. The number of amides is 1. The number of rotatable bonds is 5. The molecule has 266 valence electrons. The van der Waals surface area contributed by atoms with Crippen LogP contribution in [0.3, 0.4) is 0 Å². The summed E-state index contributed by atoms with van der Waals surface area (Å²) in [7, 11) is 0.777. The van der Waals surface area contributed by atoms with Crippen molar-refractivity contribution in [2.75, 3.05) is 64.4 Å². The van der Waals surface area contributed by atoms with E-state index in [1.165, 1.54) is 50.1 Å². The maximum Gasteiger partial charge on any atom is 0.263 e. The summed E-state index contributed by atoms with van der Waals surface area (Å²) in [6.45, 7) is 14.7. The smallest absolute Gasteiger partial charge is 0.263 e. The Labute approximate surface area is 301 Å². The zero-order valence-corrected chi connectivity index (χ0v) is 31.4. The summed E-state index contributed by atoms with van der Waals surface area (Å²) >= 11 is 6.49. The first-order valence-corrected chi connectivity index (χ1v) is 20.3. The molecule has 4 aliphatic heterocycles. The van der Waals surface area contributed by atoms with Crippen molar-refractivity contribution in [1.82, 2.24) is 14.5 Å². The number of nitrogens with zero attached hydrogens (tertiary/aromatic N) is 3. The van der Waals surface area contributed by atoms with Crippen LogP contribution in [0.4, 0.5) is 5.69 Å². The summed E-state index contributed by atoms with van der Waals surface area (Å²) in [5, 5.41) is 0.612. The number of fused-ring (bicyclic) bond motifs is 3. The number of ether oxygens (including phenoxy) is 1. The number of hydrogen-bond donors (Lipinski definition) is 1. The zero-order valence-electron chi connectivity index (χ0n) is 29.8. The molecule has 3 fully saturated rings. The molecule has 2 bridgehead atoms. The first kappa shape index (κ1) is 35.0. The van der Waals surface area contributed by atoms with E-state index in [4.69, 9.17) is 16.3 Å². The second-order valence-corrected chi connectivity index (χ2v) is 17.9. The molecule has 9 atom stereocenters. The summed E-state index contributed by atoms with van der Waals surface area (Å²) in [4.78, 5) is 21.3. The lowest BCUT2D eigenvalue weighted by Gasteiger charge is -2.45. The number of carbonyl (C=O) groups excluding carboxylic acids is 1. The summed E-state index contributed by atoms with van der Waals surface area (Å²) in [6, 6.07) is 12.1. The Hall–Kier alpha value is -2.39. The molecule has 9 heteroatoms. The third-order valence-electron chi connectivity index (χ3n) is 12.4. The van der Waals surface area contributed by atoms with E-state index >= 15 is 0 Å². The highest BCUT2D eigenvalue weighted by molar-refractivity contribution is 7.84. The van der Waals surface area contributed by atoms with Gasteiger partial charge in [0.25, 0.3) is 5.91 Å². The molecule has 7 rings (SSSR count). The molecule has 1 aliphatic carbocycles. The zero-order chi connectivity index (χ0) is 34.2. The van der Waals surface area contributed by atoms with E-state index in [9.17, 15) is 9.00 Å². The number of benzene rings is 2. The van der Waals surface area contributed by atoms with Crippen LogP contribution in [-0.4, -0.2) is 84.6 Å². The molecular weight excluding hydrogens is 652 g/mol. The Morgan fingerprint density at radius 2 is 1.78 bits per heavy atom.